The summed E-state index contributed by atoms with van der Waals surface area (Å²) in [4.78, 5) is 14.5. The minimum atomic E-state index is -0.989. The van der Waals surface area contributed by atoms with E-state index in [-0.39, 0.29) is 5.82 Å². The number of hydrogen-bond acceptors (Lipinski definition) is 2. The van der Waals surface area contributed by atoms with Gasteiger partial charge in [-0.3, -0.25) is 0 Å². The lowest BCUT2D eigenvalue weighted by molar-refractivity contribution is 0.0678. The summed E-state index contributed by atoms with van der Waals surface area (Å²) >= 11 is 0. The molecule has 0 bridgehead atoms. The summed E-state index contributed by atoms with van der Waals surface area (Å²) < 4.78 is 1.67. The second kappa shape index (κ2) is 3.89. The van der Waals surface area contributed by atoms with E-state index in [0.29, 0.717) is 6.54 Å². The van der Waals surface area contributed by atoms with Crippen molar-refractivity contribution >= 4 is 5.97 Å². The highest BCUT2D eigenvalue weighted by atomic mass is 16.4. The molecule has 13 heavy (non-hydrogen) atoms. The molecule has 0 saturated heterocycles. The van der Waals surface area contributed by atoms with Crippen LogP contribution in [0.5, 0.6) is 0 Å². The third-order valence-corrected chi connectivity index (χ3v) is 1.80. The Bertz CT molecular complexity index is 328. The topological polar surface area (TPSA) is 55.1 Å². The van der Waals surface area contributed by atoms with Crippen LogP contribution >= 0.6 is 0 Å². The third-order valence-electron chi connectivity index (χ3n) is 1.80. The molecule has 0 aliphatic carbocycles. The van der Waals surface area contributed by atoms with Crippen molar-refractivity contribution in [1.29, 1.82) is 0 Å². The summed E-state index contributed by atoms with van der Waals surface area (Å²) in [5.41, 5.74) is 0.860. The number of allylic oxidation sites excluding steroid dienone is 1. The van der Waals surface area contributed by atoms with E-state index in [4.69, 9.17) is 5.11 Å². The second-order valence-electron chi connectivity index (χ2n) is 2.76. The Kier molecular flexibility index (Phi) is 2.84. The predicted molar refractivity (Wildman–Crippen MR) is 48.7 cm³/mol. The van der Waals surface area contributed by atoms with E-state index >= 15 is 0 Å². The fourth-order valence-corrected chi connectivity index (χ4v) is 1.13. The zero-order valence-corrected chi connectivity index (χ0v) is 7.53. The Morgan fingerprint density at radius 2 is 2.54 bits per heavy atom. The van der Waals surface area contributed by atoms with Gasteiger partial charge in [0.15, 0.2) is 0 Å². The van der Waals surface area contributed by atoms with Crippen molar-refractivity contribution in [2.45, 2.75) is 19.9 Å². The van der Waals surface area contributed by atoms with Gasteiger partial charge in [-0.25, -0.2) is 9.78 Å². The van der Waals surface area contributed by atoms with Crippen LogP contribution in [-0.4, -0.2) is 20.6 Å². The van der Waals surface area contributed by atoms with Gasteiger partial charge in [0.05, 0.1) is 0 Å². The van der Waals surface area contributed by atoms with Crippen LogP contribution in [0, 0.1) is 6.92 Å². The first-order valence-corrected chi connectivity index (χ1v) is 4.03. The highest BCUT2D eigenvalue weighted by Gasteiger charge is 2.12. The zero-order valence-electron chi connectivity index (χ0n) is 7.53. The summed E-state index contributed by atoms with van der Waals surface area (Å²) in [7, 11) is 0. The first kappa shape index (κ1) is 9.51. The molecule has 70 valence electrons. The molecule has 0 atom stereocenters. The minimum absolute atomic E-state index is 0.0966. The largest absolute Gasteiger partial charge is 0.475 e. The Morgan fingerprint density at radius 3 is 3.08 bits per heavy atom. The number of imidazole rings is 1. The van der Waals surface area contributed by atoms with Gasteiger partial charge in [0, 0.05) is 18.4 Å². The van der Waals surface area contributed by atoms with Gasteiger partial charge in [-0.2, -0.15) is 0 Å². The molecule has 1 heterocycles. The quantitative estimate of drug-likeness (QED) is 0.714. The maximum atomic E-state index is 10.7. The summed E-state index contributed by atoms with van der Waals surface area (Å²) in [6, 6.07) is 0. The number of rotatable bonds is 4. The number of nitrogens with zero attached hydrogens (tertiary/aromatic N) is 2. The Morgan fingerprint density at radius 1 is 1.85 bits per heavy atom. The number of hydrogen-bond donors (Lipinski definition) is 1. The van der Waals surface area contributed by atoms with Gasteiger partial charge in [-0.1, -0.05) is 6.08 Å². The summed E-state index contributed by atoms with van der Waals surface area (Å²) in [6.45, 7) is 6.04. The van der Waals surface area contributed by atoms with Gasteiger partial charge in [-0.15, -0.1) is 6.58 Å². The highest BCUT2D eigenvalue weighted by molar-refractivity contribution is 5.83. The molecule has 1 aromatic rings. The van der Waals surface area contributed by atoms with Crippen LogP contribution in [0.3, 0.4) is 0 Å². The lowest BCUT2D eigenvalue weighted by atomic mass is 10.4. The van der Waals surface area contributed by atoms with Crippen LogP contribution in [0.1, 0.15) is 22.7 Å². The third kappa shape index (κ3) is 1.96. The van der Waals surface area contributed by atoms with Gasteiger partial charge in [0.1, 0.15) is 0 Å². The zero-order chi connectivity index (χ0) is 9.84. The number of carboxylic acids is 1. The van der Waals surface area contributed by atoms with Crippen molar-refractivity contribution in [2.24, 2.45) is 0 Å². The SMILES string of the molecule is C=CCCn1c(C)cnc1C(=O)O. The van der Waals surface area contributed by atoms with E-state index in [1.165, 1.54) is 0 Å². The normalized spacial score (nSPS) is 9.92. The molecule has 0 saturated carbocycles. The Hall–Kier alpha value is -1.58. The van der Waals surface area contributed by atoms with Crippen molar-refractivity contribution < 1.29 is 9.90 Å². The van der Waals surface area contributed by atoms with E-state index in [1.54, 1.807) is 16.8 Å². The van der Waals surface area contributed by atoms with E-state index < -0.39 is 5.97 Å². The molecule has 1 rings (SSSR count). The lowest BCUT2D eigenvalue weighted by Crippen LogP contribution is -2.10. The number of carboxylic acid groups (broad SMARTS) is 1. The molecule has 0 aliphatic heterocycles. The summed E-state index contributed by atoms with van der Waals surface area (Å²) in [5, 5.41) is 8.77. The summed E-state index contributed by atoms with van der Waals surface area (Å²) in [5.74, 6) is -0.892. The first-order chi connectivity index (χ1) is 6.16. The molecule has 1 aromatic heterocycles. The maximum absolute atomic E-state index is 10.7. The van der Waals surface area contributed by atoms with Crippen LogP contribution in [0.15, 0.2) is 18.9 Å². The first-order valence-electron chi connectivity index (χ1n) is 4.03. The molecule has 0 fully saturated rings. The average Bonchev–Trinajstić information content (AvgIpc) is 2.43. The molecule has 1 N–H and O–H groups in total. The second-order valence-corrected chi connectivity index (χ2v) is 2.76. The highest BCUT2D eigenvalue weighted by Crippen LogP contribution is 2.05. The van der Waals surface area contributed by atoms with Crippen molar-refractivity contribution in [3.8, 4) is 0 Å². The van der Waals surface area contributed by atoms with Crippen molar-refractivity contribution in [2.75, 3.05) is 0 Å². The lowest BCUT2D eigenvalue weighted by Gasteiger charge is -2.04. The van der Waals surface area contributed by atoms with Crippen molar-refractivity contribution in [1.82, 2.24) is 9.55 Å². The van der Waals surface area contributed by atoms with E-state index in [1.807, 2.05) is 6.92 Å². The monoisotopic (exact) mass is 180 g/mol. The summed E-state index contributed by atoms with van der Waals surface area (Å²) in [6.07, 6.45) is 4.06. The number of aromatic nitrogens is 2. The van der Waals surface area contributed by atoms with Crippen LogP contribution in [0.4, 0.5) is 0 Å². The molecular weight excluding hydrogens is 168 g/mol. The number of aryl methyl sites for hydroxylation is 1. The van der Waals surface area contributed by atoms with Crippen molar-refractivity contribution in [3.63, 3.8) is 0 Å². The molecule has 0 amide bonds. The minimum Gasteiger partial charge on any atom is -0.475 e. The van der Waals surface area contributed by atoms with Crippen LogP contribution in [0.2, 0.25) is 0 Å². The molecule has 0 unspecified atom stereocenters. The van der Waals surface area contributed by atoms with E-state index in [9.17, 15) is 4.79 Å². The fraction of sp³-hybridized carbons (Fsp3) is 0.333. The van der Waals surface area contributed by atoms with Crippen LogP contribution in [-0.2, 0) is 6.54 Å². The average molecular weight is 180 g/mol. The molecular formula is C9H12N2O2. The van der Waals surface area contributed by atoms with Crippen molar-refractivity contribution in [3.05, 3.63) is 30.4 Å². The molecule has 0 aromatic carbocycles. The molecule has 0 radical (unpaired) electrons. The van der Waals surface area contributed by atoms with E-state index in [2.05, 4.69) is 11.6 Å². The molecule has 4 heteroatoms. The number of carbonyl (C=O) groups is 1. The molecule has 4 nitrogen and oxygen atoms in total. The Labute approximate surface area is 76.5 Å². The van der Waals surface area contributed by atoms with Crippen LogP contribution in [0.25, 0.3) is 0 Å². The molecule has 0 spiro atoms. The molecule has 0 aliphatic rings. The maximum Gasteiger partial charge on any atom is 0.372 e. The Balaban J connectivity index is 2.94. The fourth-order valence-electron chi connectivity index (χ4n) is 1.13. The standard InChI is InChI=1S/C9H12N2O2/c1-3-4-5-11-7(2)6-10-8(11)9(12)13/h3,6H,1,4-5H2,2H3,(H,12,13). The van der Waals surface area contributed by atoms with Gasteiger partial charge in [-0.05, 0) is 13.3 Å². The van der Waals surface area contributed by atoms with E-state index in [0.717, 1.165) is 12.1 Å². The smallest absolute Gasteiger partial charge is 0.372 e. The van der Waals surface area contributed by atoms with Gasteiger partial charge in [0.2, 0.25) is 5.82 Å². The number of aromatic carboxylic acids is 1. The van der Waals surface area contributed by atoms with Gasteiger partial charge < -0.3 is 9.67 Å². The van der Waals surface area contributed by atoms with Gasteiger partial charge >= 0.3 is 5.97 Å². The van der Waals surface area contributed by atoms with Crippen LogP contribution < -0.4 is 0 Å². The predicted octanol–water partition coefficient (Wildman–Crippen LogP) is 1.47. The van der Waals surface area contributed by atoms with Gasteiger partial charge in [0.25, 0.3) is 0 Å².